The molecule has 0 aliphatic carbocycles. The fourth-order valence-corrected chi connectivity index (χ4v) is 2.78. The van der Waals surface area contributed by atoms with E-state index >= 15 is 0 Å². The van der Waals surface area contributed by atoms with Crippen molar-refractivity contribution >= 4 is 33.2 Å². The molecule has 0 aromatic heterocycles. The van der Waals surface area contributed by atoms with E-state index in [-0.39, 0.29) is 23.2 Å². The SMILES string of the molecule is CC(NC(=O)c1ccccc1NS(C)(=O)=O)c1ccc(Cl)cc1. The first-order chi connectivity index (χ1) is 10.8. The molecular weight excluding hydrogens is 336 g/mol. The Hall–Kier alpha value is -2.05. The highest BCUT2D eigenvalue weighted by atomic mass is 35.5. The minimum absolute atomic E-state index is 0.244. The molecule has 2 rings (SSSR count). The third-order valence-corrected chi connectivity index (χ3v) is 4.03. The maximum absolute atomic E-state index is 12.4. The Morgan fingerprint density at radius 2 is 1.70 bits per heavy atom. The van der Waals surface area contributed by atoms with E-state index in [2.05, 4.69) is 10.0 Å². The summed E-state index contributed by atoms with van der Waals surface area (Å²) in [4.78, 5) is 12.4. The second-order valence-corrected chi connectivity index (χ2v) is 7.35. The van der Waals surface area contributed by atoms with Crippen LogP contribution in [0.4, 0.5) is 5.69 Å². The number of carbonyl (C=O) groups excluding carboxylic acids is 1. The molecule has 0 aliphatic heterocycles. The zero-order valence-electron chi connectivity index (χ0n) is 12.7. The molecule has 0 spiro atoms. The van der Waals surface area contributed by atoms with Gasteiger partial charge in [-0.05, 0) is 36.8 Å². The van der Waals surface area contributed by atoms with Gasteiger partial charge in [0, 0.05) is 5.02 Å². The maximum Gasteiger partial charge on any atom is 0.253 e. The lowest BCUT2D eigenvalue weighted by atomic mass is 10.1. The molecule has 0 bridgehead atoms. The van der Waals surface area contributed by atoms with Gasteiger partial charge in [0.2, 0.25) is 10.0 Å². The topological polar surface area (TPSA) is 75.3 Å². The number of carbonyl (C=O) groups is 1. The number of hydrogen-bond donors (Lipinski definition) is 2. The molecule has 0 radical (unpaired) electrons. The standard InChI is InChI=1S/C16H17ClN2O3S/c1-11(12-7-9-13(17)10-8-12)18-16(20)14-5-3-4-6-15(14)19-23(2,21)22/h3-11,19H,1-2H3,(H,18,20). The van der Waals surface area contributed by atoms with Gasteiger partial charge in [0.15, 0.2) is 0 Å². The van der Waals surface area contributed by atoms with Crippen molar-refractivity contribution in [3.05, 3.63) is 64.7 Å². The van der Waals surface area contributed by atoms with Crippen molar-refractivity contribution in [3.63, 3.8) is 0 Å². The first kappa shape index (κ1) is 17.3. The summed E-state index contributed by atoms with van der Waals surface area (Å²) in [5.41, 5.74) is 1.41. The van der Waals surface area contributed by atoms with Crippen LogP contribution in [0.25, 0.3) is 0 Å². The molecule has 5 nitrogen and oxygen atoms in total. The number of nitrogens with one attached hydrogen (secondary N) is 2. The van der Waals surface area contributed by atoms with E-state index in [9.17, 15) is 13.2 Å². The maximum atomic E-state index is 12.4. The highest BCUT2D eigenvalue weighted by molar-refractivity contribution is 7.92. The third kappa shape index (κ3) is 4.97. The van der Waals surface area contributed by atoms with E-state index in [4.69, 9.17) is 11.6 Å². The molecule has 2 aromatic carbocycles. The summed E-state index contributed by atoms with van der Waals surface area (Å²) in [6.45, 7) is 1.84. The van der Waals surface area contributed by atoms with E-state index in [1.807, 2.05) is 19.1 Å². The minimum Gasteiger partial charge on any atom is -0.345 e. The number of sulfonamides is 1. The molecule has 7 heteroatoms. The van der Waals surface area contributed by atoms with E-state index < -0.39 is 10.0 Å². The highest BCUT2D eigenvalue weighted by Gasteiger charge is 2.16. The highest BCUT2D eigenvalue weighted by Crippen LogP contribution is 2.20. The zero-order valence-corrected chi connectivity index (χ0v) is 14.3. The predicted molar refractivity (Wildman–Crippen MR) is 92.2 cm³/mol. The summed E-state index contributed by atoms with van der Waals surface area (Å²) in [7, 11) is -3.46. The Morgan fingerprint density at radius 3 is 2.30 bits per heavy atom. The fourth-order valence-electron chi connectivity index (χ4n) is 2.08. The summed E-state index contributed by atoms with van der Waals surface area (Å²) in [5, 5.41) is 3.46. The summed E-state index contributed by atoms with van der Waals surface area (Å²) < 4.78 is 25.1. The van der Waals surface area contributed by atoms with Crippen LogP contribution in [0.2, 0.25) is 5.02 Å². The summed E-state index contributed by atoms with van der Waals surface area (Å²) in [6.07, 6.45) is 1.04. The van der Waals surface area contributed by atoms with Gasteiger partial charge in [-0.15, -0.1) is 0 Å². The second-order valence-electron chi connectivity index (χ2n) is 5.17. The molecule has 0 aliphatic rings. The zero-order chi connectivity index (χ0) is 17.0. The lowest BCUT2D eigenvalue weighted by Gasteiger charge is -2.16. The van der Waals surface area contributed by atoms with Crippen LogP contribution >= 0.6 is 11.6 Å². The molecule has 0 fully saturated rings. The Labute approximate surface area is 140 Å². The van der Waals surface area contributed by atoms with Crippen molar-refractivity contribution in [2.75, 3.05) is 11.0 Å². The Morgan fingerprint density at radius 1 is 1.09 bits per heavy atom. The van der Waals surface area contributed by atoms with Crippen LogP contribution in [-0.2, 0) is 10.0 Å². The van der Waals surface area contributed by atoms with Crippen molar-refractivity contribution in [1.29, 1.82) is 0 Å². The number of anilines is 1. The monoisotopic (exact) mass is 352 g/mol. The van der Waals surface area contributed by atoms with Gasteiger partial charge < -0.3 is 5.32 Å². The van der Waals surface area contributed by atoms with Crippen LogP contribution in [0.1, 0.15) is 28.9 Å². The number of benzene rings is 2. The molecule has 0 saturated heterocycles. The summed E-state index contributed by atoms with van der Waals surface area (Å²) in [5.74, 6) is -0.362. The average molecular weight is 353 g/mol. The minimum atomic E-state index is -3.46. The number of halogens is 1. The molecule has 0 heterocycles. The van der Waals surface area contributed by atoms with Gasteiger partial charge in [0.05, 0.1) is 23.5 Å². The molecule has 1 amide bonds. The molecule has 23 heavy (non-hydrogen) atoms. The van der Waals surface area contributed by atoms with E-state index in [1.54, 1.807) is 36.4 Å². The Bertz CT molecular complexity index is 804. The van der Waals surface area contributed by atoms with Crippen molar-refractivity contribution in [3.8, 4) is 0 Å². The molecule has 1 atom stereocenters. The van der Waals surface area contributed by atoms with Crippen LogP contribution < -0.4 is 10.0 Å². The number of hydrogen-bond acceptors (Lipinski definition) is 3. The van der Waals surface area contributed by atoms with Gasteiger partial charge in [0.1, 0.15) is 0 Å². The van der Waals surface area contributed by atoms with Gasteiger partial charge in [-0.1, -0.05) is 35.9 Å². The lowest BCUT2D eigenvalue weighted by Crippen LogP contribution is -2.27. The normalized spacial score (nSPS) is 12.5. The van der Waals surface area contributed by atoms with E-state index in [0.29, 0.717) is 5.02 Å². The third-order valence-electron chi connectivity index (χ3n) is 3.18. The first-order valence-electron chi connectivity index (χ1n) is 6.89. The van der Waals surface area contributed by atoms with Gasteiger partial charge in [-0.25, -0.2) is 8.42 Å². The number of rotatable bonds is 5. The second kappa shape index (κ2) is 7.02. The first-order valence-corrected chi connectivity index (χ1v) is 9.16. The Balaban J connectivity index is 2.19. The predicted octanol–water partition coefficient (Wildman–Crippen LogP) is 3.20. The van der Waals surface area contributed by atoms with Crippen LogP contribution in [0, 0.1) is 0 Å². The number of para-hydroxylation sites is 1. The molecule has 122 valence electrons. The molecule has 2 aromatic rings. The molecule has 2 N–H and O–H groups in total. The van der Waals surface area contributed by atoms with Crippen molar-refractivity contribution in [2.45, 2.75) is 13.0 Å². The van der Waals surface area contributed by atoms with Crippen LogP contribution in [0.15, 0.2) is 48.5 Å². The largest absolute Gasteiger partial charge is 0.345 e. The summed E-state index contributed by atoms with van der Waals surface area (Å²) in [6, 6.07) is 13.4. The quantitative estimate of drug-likeness (QED) is 0.867. The van der Waals surface area contributed by atoms with Crippen LogP contribution in [0.5, 0.6) is 0 Å². The van der Waals surface area contributed by atoms with Crippen molar-refractivity contribution in [1.82, 2.24) is 5.32 Å². The Kier molecular flexibility index (Phi) is 5.28. The average Bonchev–Trinajstić information content (AvgIpc) is 2.46. The van der Waals surface area contributed by atoms with Gasteiger partial charge >= 0.3 is 0 Å². The van der Waals surface area contributed by atoms with Crippen molar-refractivity contribution < 1.29 is 13.2 Å². The molecule has 1 unspecified atom stereocenters. The van der Waals surface area contributed by atoms with Crippen molar-refractivity contribution in [2.24, 2.45) is 0 Å². The molecular formula is C16H17ClN2O3S. The van der Waals surface area contributed by atoms with Gasteiger partial charge in [-0.3, -0.25) is 9.52 Å². The summed E-state index contributed by atoms with van der Waals surface area (Å²) >= 11 is 5.85. The smallest absolute Gasteiger partial charge is 0.253 e. The number of amides is 1. The van der Waals surface area contributed by atoms with Crippen LogP contribution in [-0.4, -0.2) is 20.6 Å². The van der Waals surface area contributed by atoms with E-state index in [1.165, 1.54) is 0 Å². The van der Waals surface area contributed by atoms with Gasteiger partial charge in [-0.2, -0.15) is 0 Å². The fraction of sp³-hybridized carbons (Fsp3) is 0.188. The molecule has 0 saturated carbocycles. The van der Waals surface area contributed by atoms with Gasteiger partial charge in [0.25, 0.3) is 5.91 Å². The lowest BCUT2D eigenvalue weighted by molar-refractivity contribution is 0.0941. The van der Waals surface area contributed by atoms with E-state index in [0.717, 1.165) is 11.8 Å². The van der Waals surface area contributed by atoms with Crippen LogP contribution in [0.3, 0.4) is 0 Å².